The van der Waals surface area contributed by atoms with Crippen LogP contribution in [0.4, 0.5) is 5.69 Å². The minimum Gasteiger partial charge on any atom is -0.397 e. The number of nitrogen functional groups attached to an aromatic ring is 1. The van der Waals surface area contributed by atoms with Crippen LogP contribution in [0.15, 0.2) is 41.5 Å². The molecule has 23 heavy (non-hydrogen) atoms. The molecular formula is C17H16N4OS. The first kappa shape index (κ1) is 15.2. The third kappa shape index (κ3) is 3.07. The molecule has 0 aliphatic rings. The van der Waals surface area contributed by atoms with E-state index in [1.54, 1.807) is 6.21 Å². The number of nitrogens with zero attached hydrogens (tertiary/aromatic N) is 2. The summed E-state index contributed by atoms with van der Waals surface area (Å²) in [6.07, 6.45) is 1.59. The van der Waals surface area contributed by atoms with Crippen molar-refractivity contribution in [3.63, 3.8) is 0 Å². The van der Waals surface area contributed by atoms with Crippen molar-refractivity contribution in [2.75, 3.05) is 5.73 Å². The van der Waals surface area contributed by atoms with E-state index in [-0.39, 0.29) is 5.91 Å². The van der Waals surface area contributed by atoms with Gasteiger partial charge in [-0.2, -0.15) is 5.10 Å². The van der Waals surface area contributed by atoms with Gasteiger partial charge >= 0.3 is 0 Å². The number of aromatic nitrogens is 1. The molecule has 0 atom stereocenters. The van der Waals surface area contributed by atoms with Gasteiger partial charge in [0.25, 0.3) is 5.91 Å². The third-order valence-corrected chi connectivity index (χ3v) is 4.51. The van der Waals surface area contributed by atoms with Crippen LogP contribution in [0.2, 0.25) is 0 Å². The lowest BCUT2D eigenvalue weighted by atomic mass is 10.1. The summed E-state index contributed by atoms with van der Waals surface area (Å²) in [6.45, 7) is 3.89. The first-order valence-corrected chi connectivity index (χ1v) is 7.92. The van der Waals surface area contributed by atoms with Crippen LogP contribution in [0.5, 0.6) is 0 Å². The minimum absolute atomic E-state index is 0.324. The Labute approximate surface area is 137 Å². The fourth-order valence-electron chi connectivity index (χ4n) is 2.39. The normalized spacial score (nSPS) is 11.2. The fraction of sp³-hybridized carbons (Fsp3) is 0.118. The maximum atomic E-state index is 12.3. The summed E-state index contributed by atoms with van der Waals surface area (Å²) in [5.74, 6) is -0.324. The second kappa shape index (κ2) is 6.18. The Kier molecular flexibility index (Phi) is 4.08. The molecule has 116 valence electrons. The molecule has 0 radical (unpaired) electrons. The summed E-state index contributed by atoms with van der Waals surface area (Å²) < 4.78 is 0. The fourth-order valence-corrected chi connectivity index (χ4v) is 3.50. The van der Waals surface area contributed by atoms with Crippen LogP contribution in [0, 0.1) is 13.8 Å². The number of nitrogens with two attached hydrogens (primary N) is 1. The molecule has 0 aliphatic heterocycles. The van der Waals surface area contributed by atoms with Crippen LogP contribution in [-0.2, 0) is 0 Å². The maximum Gasteiger partial charge on any atom is 0.283 e. The van der Waals surface area contributed by atoms with Crippen molar-refractivity contribution in [1.82, 2.24) is 10.4 Å². The van der Waals surface area contributed by atoms with Crippen LogP contribution >= 0.6 is 11.3 Å². The molecule has 0 fully saturated rings. The number of pyridine rings is 1. The zero-order valence-corrected chi connectivity index (χ0v) is 13.6. The molecule has 0 spiro atoms. The van der Waals surface area contributed by atoms with Crippen molar-refractivity contribution in [2.24, 2.45) is 5.10 Å². The van der Waals surface area contributed by atoms with E-state index in [2.05, 4.69) is 15.5 Å². The Balaban J connectivity index is 1.85. The van der Waals surface area contributed by atoms with E-state index in [9.17, 15) is 4.79 Å². The zero-order valence-electron chi connectivity index (χ0n) is 12.8. The number of benzene rings is 1. The van der Waals surface area contributed by atoms with E-state index in [4.69, 9.17) is 5.73 Å². The first-order valence-electron chi connectivity index (χ1n) is 7.11. The lowest BCUT2D eigenvalue weighted by Gasteiger charge is -2.00. The second-order valence-corrected chi connectivity index (χ2v) is 6.21. The lowest BCUT2D eigenvalue weighted by molar-refractivity contribution is 0.0960. The van der Waals surface area contributed by atoms with E-state index in [0.717, 1.165) is 27.0 Å². The number of hydrogen-bond acceptors (Lipinski definition) is 5. The van der Waals surface area contributed by atoms with Crippen molar-refractivity contribution in [1.29, 1.82) is 0 Å². The number of carbonyl (C=O) groups excluding carboxylic acids is 1. The molecule has 3 aromatic rings. The average Bonchev–Trinajstić information content (AvgIpc) is 2.85. The Morgan fingerprint density at radius 3 is 2.78 bits per heavy atom. The molecule has 1 aromatic carbocycles. The number of carbonyl (C=O) groups is 1. The van der Waals surface area contributed by atoms with Gasteiger partial charge in [0.05, 0.1) is 11.9 Å². The molecule has 5 nitrogen and oxygen atoms in total. The van der Waals surface area contributed by atoms with Gasteiger partial charge < -0.3 is 5.73 Å². The van der Waals surface area contributed by atoms with E-state index < -0.39 is 0 Å². The second-order valence-electron chi connectivity index (χ2n) is 5.22. The maximum absolute atomic E-state index is 12.3. The van der Waals surface area contributed by atoms with Crippen LogP contribution in [0.3, 0.4) is 0 Å². The van der Waals surface area contributed by atoms with Gasteiger partial charge in [-0.1, -0.05) is 30.3 Å². The number of anilines is 1. The lowest BCUT2D eigenvalue weighted by Crippen LogP contribution is -2.17. The van der Waals surface area contributed by atoms with Gasteiger partial charge in [0.15, 0.2) is 0 Å². The Morgan fingerprint density at radius 2 is 2.04 bits per heavy atom. The number of rotatable bonds is 3. The number of fused-ring (bicyclic) bond motifs is 1. The smallest absolute Gasteiger partial charge is 0.283 e. The van der Waals surface area contributed by atoms with Crippen LogP contribution < -0.4 is 11.2 Å². The molecular weight excluding hydrogens is 308 g/mol. The van der Waals surface area contributed by atoms with Crippen molar-refractivity contribution in [2.45, 2.75) is 13.8 Å². The van der Waals surface area contributed by atoms with Crippen LogP contribution in [0.1, 0.15) is 26.5 Å². The van der Waals surface area contributed by atoms with E-state index in [1.165, 1.54) is 11.3 Å². The van der Waals surface area contributed by atoms with Gasteiger partial charge in [0.1, 0.15) is 9.71 Å². The predicted molar refractivity (Wildman–Crippen MR) is 95.0 cm³/mol. The number of nitrogens with one attached hydrogen (secondary N) is 1. The molecule has 0 saturated heterocycles. The van der Waals surface area contributed by atoms with E-state index >= 15 is 0 Å². The molecule has 0 aliphatic carbocycles. The molecule has 0 bridgehead atoms. The summed E-state index contributed by atoms with van der Waals surface area (Å²) in [5, 5.41) is 4.82. The van der Waals surface area contributed by atoms with Gasteiger partial charge in [-0.05, 0) is 31.0 Å². The van der Waals surface area contributed by atoms with E-state index in [1.807, 2.05) is 50.2 Å². The molecule has 2 aromatic heterocycles. The quantitative estimate of drug-likeness (QED) is 0.573. The highest BCUT2D eigenvalue weighted by Crippen LogP contribution is 2.34. The first-order chi connectivity index (χ1) is 11.1. The van der Waals surface area contributed by atoms with Crippen molar-refractivity contribution in [3.8, 4) is 0 Å². The monoisotopic (exact) mass is 324 g/mol. The average molecular weight is 324 g/mol. The highest BCUT2D eigenvalue weighted by molar-refractivity contribution is 7.21. The summed E-state index contributed by atoms with van der Waals surface area (Å²) >= 11 is 1.28. The van der Waals surface area contributed by atoms with Crippen LogP contribution in [-0.4, -0.2) is 17.1 Å². The Bertz CT molecular complexity index is 900. The van der Waals surface area contributed by atoms with Gasteiger partial charge in [-0.25, -0.2) is 10.4 Å². The topological polar surface area (TPSA) is 80.4 Å². The summed E-state index contributed by atoms with van der Waals surface area (Å²) in [4.78, 5) is 18.0. The van der Waals surface area contributed by atoms with Crippen molar-refractivity contribution >= 4 is 39.4 Å². The van der Waals surface area contributed by atoms with Gasteiger partial charge in [0.2, 0.25) is 0 Å². The van der Waals surface area contributed by atoms with Gasteiger partial charge in [0, 0.05) is 11.1 Å². The van der Waals surface area contributed by atoms with Crippen molar-refractivity contribution < 1.29 is 4.79 Å². The predicted octanol–water partition coefficient (Wildman–Crippen LogP) is 3.26. The number of hydrazone groups is 1. The third-order valence-electron chi connectivity index (χ3n) is 3.41. The van der Waals surface area contributed by atoms with Crippen LogP contribution in [0.25, 0.3) is 10.2 Å². The molecule has 6 heteroatoms. The number of hydrogen-bond donors (Lipinski definition) is 2. The van der Waals surface area contributed by atoms with Gasteiger partial charge in [-0.15, -0.1) is 11.3 Å². The SMILES string of the molecule is Cc1cc(C)c2c(N)c(C(=O)NN=Cc3ccccc3)sc2n1. The summed E-state index contributed by atoms with van der Waals surface area (Å²) in [7, 11) is 0. The zero-order chi connectivity index (χ0) is 16.4. The largest absolute Gasteiger partial charge is 0.397 e. The van der Waals surface area contributed by atoms with Gasteiger partial charge in [-0.3, -0.25) is 4.79 Å². The molecule has 3 rings (SSSR count). The molecule has 0 unspecified atom stereocenters. The Hall–Kier alpha value is -2.73. The number of thiophene rings is 1. The highest BCUT2D eigenvalue weighted by Gasteiger charge is 2.18. The molecule has 0 saturated carbocycles. The highest BCUT2D eigenvalue weighted by atomic mass is 32.1. The number of amides is 1. The number of aryl methyl sites for hydroxylation is 2. The van der Waals surface area contributed by atoms with Crippen molar-refractivity contribution in [3.05, 3.63) is 58.1 Å². The molecule has 1 amide bonds. The molecule has 2 heterocycles. The Morgan fingerprint density at radius 1 is 1.30 bits per heavy atom. The summed E-state index contributed by atoms with van der Waals surface area (Å²) in [5.41, 5.74) is 11.9. The summed E-state index contributed by atoms with van der Waals surface area (Å²) in [6, 6.07) is 11.5. The van der Waals surface area contributed by atoms with E-state index in [0.29, 0.717) is 10.6 Å². The standard InChI is InChI=1S/C17H16N4OS/c1-10-8-11(2)20-17-13(10)14(18)15(23-17)16(22)21-19-9-12-6-4-3-5-7-12/h3-9H,18H2,1-2H3,(H,21,22). The molecule has 3 N–H and O–H groups in total. The minimum atomic E-state index is -0.324.